The Morgan fingerprint density at radius 3 is 2.52 bits per heavy atom. The molecule has 0 N–H and O–H groups in total. The summed E-state index contributed by atoms with van der Waals surface area (Å²) in [5.41, 5.74) is 2.56. The number of imidazole rings is 1. The van der Waals surface area contributed by atoms with Crippen molar-refractivity contribution in [3.63, 3.8) is 0 Å². The van der Waals surface area contributed by atoms with Gasteiger partial charge in [0, 0.05) is 6.20 Å². The van der Waals surface area contributed by atoms with Crippen LogP contribution in [0.5, 0.6) is 0 Å². The SMILES string of the molecule is CC(C)c1ccccc1-n1c(CC(F)(F)F)nc2cccnc21. The summed E-state index contributed by atoms with van der Waals surface area (Å²) in [5, 5.41) is 0. The van der Waals surface area contributed by atoms with Crippen LogP contribution in [0.3, 0.4) is 0 Å². The van der Waals surface area contributed by atoms with Crippen LogP contribution in [0, 0.1) is 0 Å². The molecule has 0 fully saturated rings. The quantitative estimate of drug-likeness (QED) is 0.703. The van der Waals surface area contributed by atoms with Crippen LogP contribution in [0.4, 0.5) is 13.2 Å². The average molecular weight is 319 g/mol. The summed E-state index contributed by atoms with van der Waals surface area (Å²) in [7, 11) is 0. The predicted molar refractivity (Wildman–Crippen MR) is 82.7 cm³/mol. The van der Waals surface area contributed by atoms with Crippen molar-refractivity contribution in [1.29, 1.82) is 0 Å². The van der Waals surface area contributed by atoms with Gasteiger partial charge < -0.3 is 0 Å². The number of aromatic nitrogens is 3. The Balaban J connectivity index is 2.29. The molecule has 3 aromatic rings. The molecule has 3 rings (SSSR count). The maximum absolute atomic E-state index is 13.0. The lowest BCUT2D eigenvalue weighted by molar-refractivity contribution is -0.128. The van der Waals surface area contributed by atoms with E-state index in [0.717, 1.165) is 5.56 Å². The molecule has 0 aliphatic heterocycles. The monoisotopic (exact) mass is 319 g/mol. The Morgan fingerprint density at radius 2 is 1.83 bits per heavy atom. The van der Waals surface area contributed by atoms with Crippen molar-refractivity contribution in [2.75, 3.05) is 0 Å². The minimum atomic E-state index is -4.33. The highest BCUT2D eigenvalue weighted by molar-refractivity contribution is 5.74. The third-order valence-electron chi connectivity index (χ3n) is 3.64. The number of nitrogens with zero attached hydrogens (tertiary/aromatic N) is 3. The second kappa shape index (κ2) is 5.68. The van der Waals surface area contributed by atoms with Gasteiger partial charge in [-0.15, -0.1) is 0 Å². The summed E-state index contributed by atoms with van der Waals surface area (Å²) in [5.74, 6) is 0.130. The molecular formula is C17H16F3N3. The van der Waals surface area contributed by atoms with E-state index in [1.165, 1.54) is 4.57 Å². The Kier molecular flexibility index (Phi) is 3.83. The molecule has 0 spiro atoms. The van der Waals surface area contributed by atoms with Gasteiger partial charge in [0.1, 0.15) is 17.8 Å². The van der Waals surface area contributed by atoms with E-state index in [9.17, 15) is 13.2 Å². The second-order valence-electron chi connectivity index (χ2n) is 5.72. The Morgan fingerprint density at radius 1 is 1.09 bits per heavy atom. The van der Waals surface area contributed by atoms with Gasteiger partial charge in [0.25, 0.3) is 0 Å². The van der Waals surface area contributed by atoms with Crippen molar-refractivity contribution in [3.8, 4) is 5.69 Å². The molecular weight excluding hydrogens is 303 g/mol. The predicted octanol–water partition coefficient (Wildman–Crippen LogP) is 4.65. The van der Waals surface area contributed by atoms with Gasteiger partial charge in [-0.2, -0.15) is 13.2 Å². The van der Waals surface area contributed by atoms with E-state index < -0.39 is 12.6 Å². The molecule has 0 bridgehead atoms. The molecule has 0 aliphatic carbocycles. The highest BCUT2D eigenvalue weighted by Gasteiger charge is 2.32. The van der Waals surface area contributed by atoms with Gasteiger partial charge in [-0.05, 0) is 29.7 Å². The number of fused-ring (bicyclic) bond motifs is 1. The molecule has 120 valence electrons. The molecule has 1 aromatic carbocycles. The first-order valence-electron chi connectivity index (χ1n) is 7.35. The molecule has 3 nitrogen and oxygen atoms in total. The van der Waals surface area contributed by atoms with Crippen molar-refractivity contribution in [2.45, 2.75) is 32.4 Å². The summed E-state index contributed by atoms with van der Waals surface area (Å²) in [6.45, 7) is 4.02. The molecule has 0 atom stereocenters. The van der Waals surface area contributed by atoms with Crippen molar-refractivity contribution < 1.29 is 13.2 Å². The zero-order chi connectivity index (χ0) is 16.6. The van der Waals surface area contributed by atoms with Crippen LogP contribution in [0.15, 0.2) is 42.6 Å². The number of benzene rings is 1. The molecule has 0 unspecified atom stereocenters. The van der Waals surface area contributed by atoms with Gasteiger partial charge in [-0.3, -0.25) is 4.57 Å². The highest BCUT2D eigenvalue weighted by Crippen LogP contribution is 2.30. The highest BCUT2D eigenvalue weighted by atomic mass is 19.4. The Labute approximate surface area is 131 Å². The van der Waals surface area contributed by atoms with E-state index in [1.807, 2.05) is 38.1 Å². The number of alkyl halides is 3. The van der Waals surface area contributed by atoms with Crippen LogP contribution in [0.2, 0.25) is 0 Å². The van der Waals surface area contributed by atoms with Crippen LogP contribution in [0.1, 0.15) is 31.2 Å². The minimum absolute atomic E-state index is 0.0423. The van der Waals surface area contributed by atoms with Gasteiger partial charge in [-0.1, -0.05) is 32.0 Å². The molecule has 0 aliphatic rings. The summed E-state index contributed by atoms with van der Waals surface area (Å²) in [4.78, 5) is 8.40. The van der Waals surface area contributed by atoms with Gasteiger partial charge in [0.2, 0.25) is 0 Å². The van der Waals surface area contributed by atoms with Gasteiger partial charge in [0.05, 0.1) is 5.69 Å². The summed E-state index contributed by atoms with van der Waals surface area (Å²) < 4.78 is 40.4. The fourth-order valence-corrected chi connectivity index (χ4v) is 2.69. The summed E-state index contributed by atoms with van der Waals surface area (Å²) in [6.07, 6.45) is -3.85. The molecule has 2 heterocycles. The number of para-hydroxylation sites is 1. The molecule has 2 aromatic heterocycles. The van der Waals surface area contributed by atoms with Crippen molar-refractivity contribution in [2.24, 2.45) is 0 Å². The molecule has 23 heavy (non-hydrogen) atoms. The van der Waals surface area contributed by atoms with Gasteiger partial charge in [-0.25, -0.2) is 9.97 Å². The van der Waals surface area contributed by atoms with Gasteiger partial charge in [0.15, 0.2) is 5.65 Å². The first kappa shape index (κ1) is 15.5. The van der Waals surface area contributed by atoms with Gasteiger partial charge >= 0.3 is 6.18 Å². The second-order valence-corrected chi connectivity index (χ2v) is 5.72. The zero-order valence-electron chi connectivity index (χ0n) is 12.8. The number of rotatable bonds is 3. The average Bonchev–Trinajstić information content (AvgIpc) is 2.82. The molecule has 0 saturated carbocycles. The number of hydrogen-bond acceptors (Lipinski definition) is 2. The van der Waals surface area contributed by atoms with Crippen LogP contribution < -0.4 is 0 Å². The summed E-state index contributed by atoms with van der Waals surface area (Å²) >= 11 is 0. The lowest BCUT2D eigenvalue weighted by Crippen LogP contribution is -2.16. The van der Waals surface area contributed by atoms with Crippen molar-refractivity contribution in [1.82, 2.24) is 14.5 Å². The van der Waals surface area contributed by atoms with E-state index in [0.29, 0.717) is 16.9 Å². The van der Waals surface area contributed by atoms with E-state index in [2.05, 4.69) is 9.97 Å². The largest absolute Gasteiger partial charge is 0.396 e. The topological polar surface area (TPSA) is 30.7 Å². The molecule has 0 radical (unpaired) electrons. The van der Waals surface area contributed by atoms with Crippen LogP contribution in [-0.2, 0) is 6.42 Å². The maximum atomic E-state index is 13.0. The maximum Gasteiger partial charge on any atom is 0.396 e. The first-order chi connectivity index (χ1) is 10.9. The van der Waals surface area contributed by atoms with E-state index >= 15 is 0 Å². The van der Waals surface area contributed by atoms with Crippen LogP contribution in [0.25, 0.3) is 16.9 Å². The Bertz CT molecular complexity index is 834. The smallest absolute Gasteiger partial charge is 0.280 e. The molecule has 0 saturated heterocycles. The normalized spacial score (nSPS) is 12.3. The lowest BCUT2D eigenvalue weighted by atomic mass is 10.0. The number of hydrogen-bond donors (Lipinski definition) is 0. The number of halogens is 3. The standard InChI is InChI=1S/C17H16F3N3/c1-11(2)12-6-3-4-8-14(12)23-15(10-17(18,19)20)22-13-7-5-9-21-16(13)23/h3-9,11H,10H2,1-2H3. The first-order valence-corrected chi connectivity index (χ1v) is 7.35. The van der Waals surface area contributed by atoms with E-state index in [-0.39, 0.29) is 11.7 Å². The van der Waals surface area contributed by atoms with E-state index in [1.54, 1.807) is 18.3 Å². The van der Waals surface area contributed by atoms with Crippen molar-refractivity contribution in [3.05, 3.63) is 54.0 Å². The third kappa shape index (κ3) is 3.06. The fraction of sp³-hybridized carbons (Fsp3) is 0.294. The summed E-state index contributed by atoms with van der Waals surface area (Å²) in [6, 6.07) is 10.8. The molecule has 6 heteroatoms. The third-order valence-corrected chi connectivity index (χ3v) is 3.64. The van der Waals surface area contributed by atoms with E-state index in [4.69, 9.17) is 0 Å². The minimum Gasteiger partial charge on any atom is -0.280 e. The van der Waals surface area contributed by atoms with Crippen LogP contribution >= 0.6 is 0 Å². The fourth-order valence-electron chi connectivity index (χ4n) is 2.69. The van der Waals surface area contributed by atoms with Crippen molar-refractivity contribution >= 4 is 11.2 Å². The van der Waals surface area contributed by atoms with Crippen LogP contribution in [-0.4, -0.2) is 20.7 Å². The zero-order valence-corrected chi connectivity index (χ0v) is 12.8. The lowest BCUT2D eigenvalue weighted by Gasteiger charge is -2.16. The Hall–Kier alpha value is -2.37. The molecule has 0 amide bonds. The number of pyridine rings is 1.